The molecule has 0 saturated heterocycles. The average molecular weight is 285 g/mol. The predicted octanol–water partition coefficient (Wildman–Crippen LogP) is 2.79. The standard InChI is InChI=1S/C8H11BrClNOS/c1-4(3-11)7(12)6-2-5(9)8(10)13-6/h2,4,7,12H,3,11H2,1H3. The first-order valence-corrected chi connectivity index (χ1v) is 5.88. The maximum absolute atomic E-state index is 9.78. The zero-order valence-corrected chi connectivity index (χ0v) is 10.3. The van der Waals surface area contributed by atoms with Gasteiger partial charge in [-0.25, -0.2) is 0 Å². The van der Waals surface area contributed by atoms with Crippen LogP contribution in [0.4, 0.5) is 0 Å². The third kappa shape index (κ3) is 2.67. The Morgan fingerprint density at radius 2 is 2.38 bits per heavy atom. The summed E-state index contributed by atoms with van der Waals surface area (Å²) in [5, 5.41) is 9.78. The molecule has 0 saturated carbocycles. The first-order chi connectivity index (χ1) is 6.06. The molecule has 1 heterocycles. The molecule has 1 aromatic heterocycles. The van der Waals surface area contributed by atoms with Crippen LogP contribution < -0.4 is 5.73 Å². The molecule has 5 heteroatoms. The maximum Gasteiger partial charge on any atom is 0.107 e. The molecule has 0 radical (unpaired) electrons. The van der Waals surface area contributed by atoms with E-state index in [0.717, 1.165) is 9.35 Å². The Bertz CT molecular complexity index is 272. The molecule has 3 N–H and O–H groups in total. The fourth-order valence-corrected chi connectivity index (χ4v) is 2.77. The van der Waals surface area contributed by atoms with Crippen molar-refractivity contribution in [1.29, 1.82) is 0 Å². The van der Waals surface area contributed by atoms with Crippen molar-refractivity contribution in [2.24, 2.45) is 11.7 Å². The van der Waals surface area contributed by atoms with Crippen LogP contribution in [0.5, 0.6) is 0 Å². The lowest BCUT2D eigenvalue weighted by atomic mass is 10.0. The lowest BCUT2D eigenvalue weighted by molar-refractivity contribution is 0.125. The summed E-state index contributed by atoms with van der Waals surface area (Å²) in [5.41, 5.74) is 5.46. The first kappa shape index (κ1) is 11.5. The van der Waals surface area contributed by atoms with Crippen LogP contribution in [0, 0.1) is 5.92 Å². The van der Waals surface area contributed by atoms with Crippen LogP contribution in [-0.2, 0) is 0 Å². The fraction of sp³-hybridized carbons (Fsp3) is 0.500. The summed E-state index contributed by atoms with van der Waals surface area (Å²) in [6.45, 7) is 2.38. The molecule has 2 unspecified atom stereocenters. The number of hydrogen-bond donors (Lipinski definition) is 2. The van der Waals surface area contributed by atoms with Crippen molar-refractivity contribution < 1.29 is 5.11 Å². The number of rotatable bonds is 3. The van der Waals surface area contributed by atoms with Crippen LogP contribution in [0.1, 0.15) is 17.9 Å². The number of thiophene rings is 1. The molecule has 0 amide bonds. The number of halogens is 2. The van der Waals surface area contributed by atoms with Crippen LogP contribution in [0.3, 0.4) is 0 Å². The Labute approximate surface area is 94.8 Å². The van der Waals surface area contributed by atoms with Gasteiger partial charge in [0.1, 0.15) is 4.34 Å². The molecule has 2 nitrogen and oxygen atoms in total. The van der Waals surface area contributed by atoms with E-state index in [-0.39, 0.29) is 5.92 Å². The minimum atomic E-state index is -0.515. The Morgan fingerprint density at radius 3 is 2.77 bits per heavy atom. The van der Waals surface area contributed by atoms with Gasteiger partial charge < -0.3 is 10.8 Å². The van der Waals surface area contributed by atoms with E-state index in [9.17, 15) is 5.11 Å². The van der Waals surface area contributed by atoms with Crippen molar-refractivity contribution in [3.05, 3.63) is 19.8 Å². The molecule has 1 rings (SSSR count). The van der Waals surface area contributed by atoms with Crippen LogP contribution >= 0.6 is 38.9 Å². The highest BCUT2D eigenvalue weighted by Gasteiger charge is 2.18. The van der Waals surface area contributed by atoms with Crippen LogP contribution in [0.25, 0.3) is 0 Å². The van der Waals surface area contributed by atoms with Gasteiger partial charge >= 0.3 is 0 Å². The number of aliphatic hydroxyl groups is 1. The van der Waals surface area contributed by atoms with E-state index in [1.165, 1.54) is 11.3 Å². The molecule has 0 aliphatic carbocycles. The highest BCUT2D eigenvalue weighted by atomic mass is 79.9. The van der Waals surface area contributed by atoms with Crippen LogP contribution in [0.2, 0.25) is 4.34 Å². The topological polar surface area (TPSA) is 46.2 Å². The van der Waals surface area contributed by atoms with E-state index in [2.05, 4.69) is 15.9 Å². The monoisotopic (exact) mass is 283 g/mol. The second kappa shape index (κ2) is 4.75. The Morgan fingerprint density at radius 1 is 1.77 bits per heavy atom. The van der Waals surface area contributed by atoms with E-state index in [1.54, 1.807) is 0 Å². The molecular formula is C8H11BrClNOS. The zero-order valence-electron chi connectivity index (χ0n) is 7.13. The third-order valence-electron chi connectivity index (χ3n) is 1.87. The van der Waals surface area contributed by atoms with E-state index in [1.807, 2.05) is 13.0 Å². The summed E-state index contributed by atoms with van der Waals surface area (Å²) in [6.07, 6.45) is -0.515. The zero-order chi connectivity index (χ0) is 10.0. The maximum atomic E-state index is 9.78. The summed E-state index contributed by atoms with van der Waals surface area (Å²) < 4.78 is 1.50. The molecule has 74 valence electrons. The molecule has 0 aliphatic rings. The van der Waals surface area contributed by atoms with Gasteiger partial charge in [-0.1, -0.05) is 18.5 Å². The summed E-state index contributed by atoms with van der Waals surface area (Å²) in [5.74, 6) is 0.0571. The second-order valence-corrected chi connectivity index (χ2v) is 5.47. The number of aliphatic hydroxyl groups excluding tert-OH is 1. The van der Waals surface area contributed by atoms with Gasteiger partial charge in [0.05, 0.1) is 6.10 Å². The van der Waals surface area contributed by atoms with Crippen LogP contribution in [0.15, 0.2) is 10.5 Å². The smallest absolute Gasteiger partial charge is 0.107 e. The molecule has 0 aliphatic heterocycles. The lowest BCUT2D eigenvalue weighted by Gasteiger charge is -2.14. The largest absolute Gasteiger partial charge is 0.387 e. The summed E-state index contributed by atoms with van der Waals surface area (Å²) in [7, 11) is 0. The lowest BCUT2D eigenvalue weighted by Crippen LogP contribution is -2.17. The van der Waals surface area contributed by atoms with Crippen molar-refractivity contribution in [2.75, 3.05) is 6.54 Å². The summed E-state index contributed by atoms with van der Waals surface area (Å²) in [4.78, 5) is 0.856. The van der Waals surface area contributed by atoms with Gasteiger partial charge in [0.2, 0.25) is 0 Å². The van der Waals surface area contributed by atoms with Crippen molar-refractivity contribution in [1.82, 2.24) is 0 Å². The first-order valence-electron chi connectivity index (χ1n) is 3.89. The molecule has 0 fully saturated rings. The molecule has 13 heavy (non-hydrogen) atoms. The third-order valence-corrected chi connectivity index (χ3v) is 4.41. The van der Waals surface area contributed by atoms with Crippen molar-refractivity contribution >= 4 is 38.9 Å². The average Bonchev–Trinajstić information content (AvgIpc) is 2.44. The Kier molecular flexibility index (Phi) is 4.19. The van der Waals surface area contributed by atoms with Crippen molar-refractivity contribution in [3.8, 4) is 0 Å². The minimum Gasteiger partial charge on any atom is -0.387 e. The molecule has 2 atom stereocenters. The Hall–Kier alpha value is 0.390. The molecule has 0 aromatic carbocycles. The highest BCUT2D eigenvalue weighted by Crippen LogP contribution is 2.37. The normalized spacial score (nSPS) is 15.8. The van der Waals surface area contributed by atoms with Crippen molar-refractivity contribution in [3.63, 3.8) is 0 Å². The summed E-state index contributed by atoms with van der Waals surface area (Å²) in [6, 6.07) is 1.84. The number of nitrogens with two attached hydrogens (primary N) is 1. The quantitative estimate of drug-likeness (QED) is 0.896. The van der Waals surface area contributed by atoms with Gasteiger partial charge in [0.15, 0.2) is 0 Å². The van der Waals surface area contributed by atoms with E-state index in [0.29, 0.717) is 10.9 Å². The number of hydrogen-bond acceptors (Lipinski definition) is 3. The summed E-state index contributed by atoms with van der Waals surface area (Å²) >= 11 is 10.5. The van der Waals surface area contributed by atoms with Gasteiger partial charge in [0.25, 0.3) is 0 Å². The fourth-order valence-electron chi connectivity index (χ4n) is 0.918. The second-order valence-electron chi connectivity index (χ2n) is 2.93. The van der Waals surface area contributed by atoms with Gasteiger partial charge in [-0.15, -0.1) is 11.3 Å². The van der Waals surface area contributed by atoms with Gasteiger partial charge in [-0.3, -0.25) is 0 Å². The van der Waals surface area contributed by atoms with Gasteiger partial charge in [-0.05, 0) is 34.5 Å². The van der Waals surface area contributed by atoms with Crippen molar-refractivity contribution in [2.45, 2.75) is 13.0 Å². The van der Waals surface area contributed by atoms with Crippen LogP contribution in [-0.4, -0.2) is 11.7 Å². The SMILES string of the molecule is CC(CN)C(O)c1cc(Br)c(Cl)s1. The van der Waals surface area contributed by atoms with Gasteiger partial charge in [-0.2, -0.15) is 0 Å². The minimum absolute atomic E-state index is 0.0571. The van der Waals surface area contributed by atoms with E-state index >= 15 is 0 Å². The molecule has 0 spiro atoms. The predicted molar refractivity (Wildman–Crippen MR) is 60.2 cm³/mol. The highest BCUT2D eigenvalue weighted by molar-refractivity contribution is 9.10. The van der Waals surface area contributed by atoms with Gasteiger partial charge in [0, 0.05) is 9.35 Å². The van der Waals surface area contributed by atoms with E-state index in [4.69, 9.17) is 17.3 Å². The Balaban J connectivity index is 2.82. The van der Waals surface area contributed by atoms with E-state index < -0.39 is 6.10 Å². The molecule has 0 bridgehead atoms. The molecule has 1 aromatic rings. The molecular weight excluding hydrogens is 274 g/mol.